The van der Waals surface area contributed by atoms with E-state index >= 15 is 0 Å². The Morgan fingerprint density at radius 1 is 0.595 bits per heavy atom. The number of fused-ring (bicyclic) bond motifs is 11. The molecule has 0 bridgehead atoms. The molecule has 9 aromatic rings. The second-order valence-electron chi connectivity index (χ2n) is 9.54. The molecule has 4 heteroatoms. The molecular formula is C33H18N2OS. The molecule has 0 atom stereocenters. The minimum atomic E-state index is 0.911. The number of pyridine rings is 1. The first-order valence-corrected chi connectivity index (χ1v) is 13.2. The van der Waals surface area contributed by atoms with Crippen LogP contribution in [0.15, 0.2) is 114 Å². The van der Waals surface area contributed by atoms with Crippen LogP contribution in [0.1, 0.15) is 0 Å². The minimum absolute atomic E-state index is 0.911. The van der Waals surface area contributed by atoms with E-state index in [0.29, 0.717) is 0 Å². The van der Waals surface area contributed by atoms with E-state index in [9.17, 15) is 0 Å². The van der Waals surface area contributed by atoms with E-state index in [1.165, 1.54) is 36.8 Å². The smallest absolute Gasteiger partial charge is 0.160 e. The SMILES string of the molecule is c1ccc2c(-n3c4ccccc4c4ccc5c6ccccc6oc5c43)c3sc4ccccc4c3nc2c1. The zero-order valence-corrected chi connectivity index (χ0v) is 20.4. The molecule has 4 aromatic heterocycles. The summed E-state index contributed by atoms with van der Waals surface area (Å²) in [5.41, 5.74) is 7.32. The number of nitrogens with zero attached hydrogens (tertiary/aromatic N) is 2. The van der Waals surface area contributed by atoms with Gasteiger partial charge in [-0.2, -0.15) is 0 Å². The van der Waals surface area contributed by atoms with Crippen molar-refractivity contribution in [3.8, 4) is 5.69 Å². The summed E-state index contributed by atoms with van der Waals surface area (Å²) >= 11 is 1.81. The lowest BCUT2D eigenvalue weighted by atomic mass is 10.1. The quantitative estimate of drug-likeness (QED) is 0.229. The van der Waals surface area contributed by atoms with Crippen molar-refractivity contribution < 1.29 is 4.42 Å². The number of benzene rings is 5. The number of aromatic nitrogens is 2. The predicted molar refractivity (Wildman–Crippen MR) is 156 cm³/mol. The molecule has 0 radical (unpaired) electrons. The largest absolute Gasteiger partial charge is 0.454 e. The molecule has 37 heavy (non-hydrogen) atoms. The highest BCUT2D eigenvalue weighted by Crippen LogP contribution is 2.45. The van der Waals surface area contributed by atoms with Gasteiger partial charge >= 0.3 is 0 Å². The van der Waals surface area contributed by atoms with Crippen molar-refractivity contribution in [1.82, 2.24) is 9.55 Å². The fourth-order valence-electron chi connectivity index (χ4n) is 6.00. The average molecular weight is 491 g/mol. The van der Waals surface area contributed by atoms with Crippen molar-refractivity contribution in [3.63, 3.8) is 0 Å². The minimum Gasteiger partial charge on any atom is -0.454 e. The number of thiophene rings is 1. The van der Waals surface area contributed by atoms with Crippen LogP contribution < -0.4 is 0 Å². The maximum Gasteiger partial charge on any atom is 0.160 e. The van der Waals surface area contributed by atoms with Gasteiger partial charge in [0.1, 0.15) is 5.58 Å². The monoisotopic (exact) mass is 490 g/mol. The van der Waals surface area contributed by atoms with Crippen LogP contribution in [0.3, 0.4) is 0 Å². The van der Waals surface area contributed by atoms with Crippen LogP contribution in [-0.2, 0) is 0 Å². The Labute approximate surface area is 214 Å². The first kappa shape index (κ1) is 19.5. The summed E-state index contributed by atoms with van der Waals surface area (Å²) in [5, 5.41) is 7.02. The zero-order chi connectivity index (χ0) is 24.1. The van der Waals surface area contributed by atoms with E-state index in [-0.39, 0.29) is 0 Å². The van der Waals surface area contributed by atoms with E-state index in [0.717, 1.165) is 43.9 Å². The Morgan fingerprint density at radius 3 is 2.22 bits per heavy atom. The summed E-state index contributed by atoms with van der Waals surface area (Å²) in [6.07, 6.45) is 0. The van der Waals surface area contributed by atoms with Gasteiger partial charge in [-0.05, 0) is 30.3 Å². The molecule has 0 saturated heterocycles. The molecule has 0 spiro atoms. The molecule has 0 aliphatic carbocycles. The molecule has 172 valence electrons. The molecule has 5 aromatic carbocycles. The first-order valence-electron chi connectivity index (χ1n) is 12.4. The Bertz CT molecular complexity index is 2370. The molecule has 0 N–H and O–H groups in total. The highest BCUT2D eigenvalue weighted by atomic mass is 32.1. The summed E-state index contributed by atoms with van der Waals surface area (Å²) in [7, 11) is 0. The van der Waals surface area contributed by atoms with Crippen LogP contribution in [0, 0.1) is 0 Å². The van der Waals surface area contributed by atoms with Gasteiger partial charge in [-0.25, -0.2) is 4.98 Å². The Kier molecular flexibility index (Phi) is 3.67. The maximum absolute atomic E-state index is 6.61. The van der Waals surface area contributed by atoms with Gasteiger partial charge in [0.2, 0.25) is 0 Å². The topological polar surface area (TPSA) is 31.0 Å². The van der Waals surface area contributed by atoms with Crippen LogP contribution >= 0.6 is 11.3 Å². The Hall–Kier alpha value is -4.67. The van der Waals surface area contributed by atoms with Gasteiger partial charge in [-0.1, -0.05) is 78.9 Å². The van der Waals surface area contributed by atoms with Crippen LogP contribution in [0.2, 0.25) is 0 Å². The molecule has 9 rings (SSSR count). The molecule has 0 amide bonds. The van der Waals surface area contributed by atoms with Crippen molar-refractivity contribution in [2.45, 2.75) is 0 Å². The summed E-state index contributed by atoms with van der Waals surface area (Å²) in [6.45, 7) is 0. The summed E-state index contributed by atoms with van der Waals surface area (Å²) < 4.78 is 11.5. The standard InChI is InChI=1S/C33H18N2OS/c1-5-13-25-23(11-1)31(33-29(34-25)24-12-4-8-16-28(24)37-33)35-26-14-6-2-9-19(26)21-17-18-22-20-10-3-7-15-27(20)36-32(22)30(21)35/h1-18H. The van der Waals surface area contributed by atoms with Gasteiger partial charge < -0.3 is 8.98 Å². The molecule has 0 aliphatic rings. The van der Waals surface area contributed by atoms with E-state index in [1.807, 2.05) is 17.4 Å². The van der Waals surface area contributed by atoms with E-state index in [2.05, 4.69) is 108 Å². The highest BCUT2D eigenvalue weighted by molar-refractivity contribution is 7.26. The molecule has 4 heterocycles. The van der Waals surface area contributed by atoms with Gasteiger partial charge in [0.25, 0.3) is 0 Å². The fraction of sp³-hybridized carbons (Fsp3) is 0. The lowest BCUT2D eigenvalue weighted by Crippen LogP contribution is -1.97. The summed E-state index contributed by atoms with van der Waals surface area (Å²) in [6, 6.07) is 38.5. The van der Waals surface area contributed by atoms with Gasteiger partial charge in [-0.15, -0.1) is 11.3 Å². The van der Waals surface area contributed by atoms with Gasteiger partial charge in [0.15, 0.2) is 5.58 Å². The number of hydrogen-bond donors (Lipinski definition) is 0. The molecular weight excluding hydrogens is 472 g/mol. The van der Waals surface area contributed by atoms with Gasteiger partial charge in [-0.3, -0.25) is 0 Å². The number of hydrogen-bond acceptors (Lipinski definition) is 3. The number of rotatable bonds is 1. The van der Waals surface area contributed by atoms with Crippen molar-refractivity contribution in [3.05, 3.63) is 109 Å². The van der Waals surface area contributed by atoms with Crippen LogP contribution in [0.5, 0.6) is 0 Å². The zero-order valence-electron chi connectivity index (χ0n) is 19.6. The average Bonchev–Trinajstić information content (AvgIpc) is 3.61. The fourth-order valence-corrected chi connectivity index (χ4v) is 7.19. The molecule has 0 aliphatic heterocycles. The lowest BCUT2D eigenvalue weighted by Gasteiger charge is -2.13. The van der Waals surface area contributed by atoms with Crippen LogP contribution in [-0.4, -0.2) is 9.55 Å². The van der Waals surface area contributed by atoms with Gasteiger partial charge in [0, 0.05) is 37.0 Å². The number of furan rings is 1. The Morgan fingerprint density at radius 2 is 1.30 bits per heavy atom. The van der Waals surface area contributed by atoms with Gasteiger partial charge in [0.05, 0.1) is 32.5 Å². The Balaban J connectivity index is 1.60. The summed E-state index contributed by atoms with van der Waals surface area (Å²) in [5.74, 6) is 0. The van der Waals surface area contributed by atoms with E-state index < -0.39 is 0 Å². The maximum atomic E-state index is 6.61. The lowest BCUT2D eigenvalue weighted by molar-refractivity contribution is 0.671. The van der Waals surface area contributed by atoms with E-state index in [4.69, 9.17) is 9.40 Å². The predicted octanol–water partition coefficient (Wildman–Crippen LogP) is 9.60. The molecule has 3 nitrogen and oxygen atoms in total. The van der Waals surface area contributed by atoms with E-state index in [1.54, 1.807) is 0 Å². The van der Waals surface area contributed by atoms with Crippen molar-refractivity contribution in [2.24, 2.45) is 0 Å². The number of para-hydroxylation sites is 3. The third-order valence-corrected chi connectivity index (χ3v) is 8.75. The third kappa shape index (κ3) is 2.48. The van der Waals surface area contributed by atoms with Crippen molar-refractivity contribution >= 4 is 86.3 Å². The molecule has 0 unspecified atom stereocenters. The van der Waals surface area contributed by atoms with Crippen molar-refractivity contribution in [1.29, 1.82) is 0 Å². The summed E-state index contributed by atoms with van der Waals surface area (Å²) in [4.78, 5) is 5.17. The van der Waals surface area contributed by atoms with Crippen molar-refractivity contribution in [2.75, 3.05) is 0 Å². The van der Waals surface area contributed by atoms with Crippen LogP contribution in [0.25, 0.3) is 80.6 Å². The molecule has 0 saturated carbocycles. The second-order valence-corrected chi connectivity index (χ2v) is 10.6. The third-order valence-electron chi connectivity index (χ3n) is 7.58. The molecule has 0 fully saturated rings. The second kappa shape index (κ2) is 6.96. The highest BCUT2D eigenvalue weighted by Gasteiger charge is 2.23. The normalized spacial score (nSPS) is 12.3. The first-order chi connectivity index (χ1) is 18.4. The van der Waals surface area contributed by atoms with Crippen LogP contribution in [0.4, 0.5) is 0 Å².